The fourth-order valence-electron chi connectivity index (χ4n) is 8.12. The minimum Gasteiger partial charge on any atom is -0.490 e. The molecule has 3 fully saturated rings. The number of fused-ring (bicyclic) bond motifs is 1. The second-order valence-electron chi connectivity index (χ2n) is 15.1. The Hall–Kier alpha value is -3.97. The van der Waals surface area contributed by atoms with E-state index in [1.807, 2.05) is 12.3 Å². The third kappa shape index (κ3) is 6.99. The van der Waals surface area contributed by atoms with Gasteiger partial charge in [-0.1, -0.05) is 0 Å². The first-order chi connectivity index (χ1) is 23.9. The number of benzene rings is 1. The largest absolute Gasteiger partial charge is 0.490 e. The van der Waals surface area contributed by atoms with E-state index in [0.29, 0.717) is 11.6 Å². The molecule has 1 aromatic carbocycles. The first kappa shape index (κ1) is 34.5. The van der Waals surface area contributed by atoms with Gasteiger partial charge in [0, 0.05) is 74.2 Å². The highest BCUT2D eigenvalue weighted by Crippen LogP contribution is 2.52. The molecule has 1 unspecified atom stereocenters. The molecule has 1 spiro atoms. The molecule has 2 aromatic heterocycles. The van der Waals surface area contributed by atoms with Crippen molar-refractivity contribution in [3.05, 3.63) is 65.6 Å². The summed E-state index contributed by atoms with van der Waals surface area (Å²) in [5, 5.41) is 3.68. The van der Waals surface area contributed by atoms with E-state index in [1.165, 1.54) is 35.1 Å². The van der Waals surface area contributed by atoms with Gasteiger partial charge >= 0.3 is 0 Å². The number of ether oxygens (including phenoxy) is 2. The van der Waals surface area contributed by atoms with Crippen LogP contribution in [0, 0.1) is 11.2 Å². The molecular weight excluding hydrogens is 647 g/mol. The van der Waals surface area contributed by atoms with Gasteiger partial charge in [0.25, 0.3) is 11.8 Å². The number of nitrogens with one attached hydrogen (secondary N) is 1. The van der Waals surface area contributed by atoms with E-state index in [1.54, 1.807) is 13.8 Å². The van der Waals surface area contributed by atoms with Crippen molar-refractivity contribution in [3.63, 3.8) is 0 Å². The average Bonchev–Trinajstić information content (AvgIpc) is 3.01. The number of alkyl halides is 2. The Morgan fingerprint density at radius 3 is 2.58 bits per heavy atom. The molecule has 13 heteroatoms. The smallest absolute Gasteiger partial charge is 0.258 e. The number of nitrogens with zero attached hydrogens (tertiary/aromatic N) is 6. The van der Waals surface area contributed by atoms with Crippen molar-refractivity contribution in [3.8, 4) is 17.2 Å². The number of carbonyl (C=O) groups is 1. The van der Waals surface area contributed by atoms with Crippen molar-refractivity contribution < 1.29 is 27.4 Å². The molecule has 1 N–H and O–H groups in total. The number of halogens is 3. The molecule has 4 aliphatic rings. The summed E-state index contributed by atoms with van der Waals surface area (Å²) in [6.07, 6.45) is 8.97. The maximum atomic E-state index is 14.5. The summed E-state index contributed by atoms with van der Waals surface area (Å²) < 4.78 is 54.9. The van der Waals surface area contributed by atoms with Crippen LogP contribution in [0.5, 0.6) is 17.2 Å². The topological polar surface area (TPSA) is 96.0 Å². The van der Waals surface area contributed by atoms with E-state index in [0.717, 1.165) is 75.8 Å². The second kappa shape index (κ2) is 13.6. The van der Waals surface area contributed by atoms with Crippen molar-refractivity contribution >= 4 is 11.7 Å². The summed E-state index contributed by atoms with van der Waals surface area (Å²) in [4.78, 5) is 32.8. The summed E-state index contributed by atoms with van der Waals surface area (Å²) in [6, 6.07) is 4.94. The summed E-state index contributed by atoms with van der Waals surface area (Å²) in [5.74, 6) is -2.02. The van der Waals surface area contributed by atoms with E-state index >= 15 is 0 Å². The van der Waals surface area contributed by atoms with Crippen LogP contribution in [0.2, 0.25) is 0 Å². The summed E-state index contributed by atoms with van der Waals surface area (Å²) in [5.41, 5.74) is 2.40. The molecule has 50 heavy (non-hydrogen) atoms. The number of hydrogen-bond donors (Lipinski definition) is 1. The number of amides is 1. The lowest BCUT2D eigenvalue weighted by Crippen LogP contribution is -2.65. The van der Waals surface area contributed by atoms with Crippen molar-refractivity contribution in [2.24, 2.45) is 5.41 Å². The SMILES string of the molecule is CC(C)N(C(=O)c1cc(F)ccc1Oc1cncnc1N1CC2(CC(Oc3ccnc4c3C(CCCN(C)C)NCC4)C2)C1)C1CC(F)(F)C1. The van der Waals surface area contributed by atoms with Gasteiger partial charge in [0.1, 0.15) is 29.7 Å². The van der Waals surface area contributed by atoms with Crippen LogP contribution in [-0.2, 0) is 6.42 Å². The molecule has 7 rings (SSSR count). The molecule has 1 atom stereocenters. The lowest BCUT2D eigenvalue weighted by Gasteiger charge is -2.59. The Morgan fingerprint density at radius 2 is 1.86 bits per heavy atom. The number of carbonyl (C=O) groups excluding carboxylic acids is 1. The number of hydrogen-bond acceptors (Lipinski definition) is 9. The number of aromatic nitrogens is 3. The van der Waals surface area contributed by atoms with Crippen molar-refractivity contribution in [1.29, 1.82) is 0 Å². The summed E-state index contributed by atoms with van der Waals surface area (Å²) in [6.45, 7) is 7.00. The molecule has 1 amide bonds. The maximum absolute atomic E-state index is 14.5. The lowest BCUT2D eigenvalue weighted by molar-refractivity contribution is -0.120. The molecule has 2 saturated carbocycles. The zero-order chi connectivity index (χ0) is 35.2. The molecule has 3 aromatic rings. The molecule has 268 valence electrons. The molecule has 10 nitrogen and oxygen atoms in total. The number of rotatable bonds is 12. The first-order valence-corrected chi connectivity index (χ1v) is 17.7. The minimum atomic E-state index is -2.80. The zero-order valence-electron chi connectivity index (χ0n) is 29.2. The van der Waals surface area contributed by atoms with E-state index in [2.05, 4.69) is 44.2 Å². The standard InChI is InChI=1S/C37H46F3N7O3/c1-23(2)47(25-15-37(39,40)16-25)35(48)27-14-24(38)7-8-30(27)50-32-19-41-22-44-34(32)46-20-36(21-46)17-26(18-36)49-31-10-12-43-29-9-11-42-28(33(29)31)6-5-13-45(3)4/h7-8,10,12,14,19,22-23,25-26,28,42H,5-6,9,11,13,15-18,20-21H2,1-4H3. The van der Waals surface area contributed by atoms with E-state index in [4.69, 9.17) is 9.47 Å². The Bertz CT molecular complexity index is 1700. The number of pyridine rings is 1. The Morgan fingerprint density at radius 1 is 1.08 bits per heavy atom. The highest BCUT2D eigenvalue weighted by molar-refractivity contribution is 5.97. The van der Waals surface area contributed by atoms with Gasteiger partial charge in [0.05, 0.1) is 17.5 Å². The van der Waals surface area contributed by atoms with Gasteiger partial charge in [0.15, 0.2) is 11.6 Å². The second-order valence-corrected chi connectivity index (χ2v) is 15.1. The molecule has 4 heterocycles. The zero-order valence-corrected chi connectivity index (χ0v) is 29.2. The molecule has 2 aliphatic carbocycles. The Labute approximate surface area is 291 Å². The summed E-state index contributed by atoms with van der Waals surface area (Å²) >= 11 is 0. The molecular formula is C37H46F3N7O3. The van der Waals surface area contributed by atoms with Gasteiger partial charge in [-0.2, -0.15) is 0 Å². The van der Waals surface area contributed by atoms with E-state index < -0.39 is 36.5 Å². The van der Waals surface area contributed by atoms with Crippen LogP contribution in [0.1, 0.15) is 80.0 Å². The van der Waals surface area contributed by atoms with Gasteiger partial charge < -0.3 is 29.5 Å². The highest BCUT2D eigenvalue weighted by atomic mass is 19.3. The fraction of sp³-hybridized carbons (Fsp3) is 0.568. The number of anilines is 1. The minimum absolute atomic E-state index is 0.0313. The van der Waals surface area contributed by atoms with E-state index in [-0.39, 0.29) is 34.9 Å². The van der Waals surface area contributed by atoms with Gasteiger partial charge in [-0.05, 0) is 84.4 Å². The highest BCUT2D eigenvalue weighted by Gasteiger charge is 2.55. The monoisotopic (exact) mass is 693 g/mol. The predicted octanol–water partition coefficient (Wildman–Crippen LogP) is 6.03. The van der Waals surface area contributed by atoms with Gasteiger partial charge in [-0.25, -0.2) is 23.1 Å². The Balaban J connectivity index is 1.00. The van der Waals surface area contributed by atoms with Crippen LogP contribution < -0.4 is 19.7 Å². The van der Waals surface area contributed by atoms with Crippen LogP contribution in [0.4, 0.5) is 19.0 Å². The first-order valence-electron chi connectivity index (χ1n) is 17.7. The van der Waals surface area contributed by atoms with E-state index in [9.17, 15) is 18.0 Å². The third-order valence-electron chi connectivity index (χ3n) is 10.5. The van der Waals surface area contributed by atoms with Gasteiger partial charge in [-0.3, -0.25) is 9.78 Å². The van der Waals surface area contributed by atoms with Crippen molar-refractivity contribution in [2.75, 3.05) is 45.2 Å². The van der Waals surface area contributed by atoms with Crippen LogP contribution in [0.25, 0.3) is 0 Å². The predicted molar refractivity (Wildman–Crippen MR) is 183 cm³/mol. The van der Waals surface area contributed by atoms with Crippen LogP contribution in [0.3, 0.4) is 0 Å². The normalized spacial score (nSPS) is 21.0. The van der Waals surface area contributed by atoms with Gasteiger partial charge in [0.2, 0.25) is 0 Å². The van der Waals surface area contributed by atoms with Gasteiger partial charge in [-0.15, -0.1) is 0 Å². The van der Waals surface area contributed by atoms with Crippen LogP contribution >= 0.6 is 0 Å². The summed E-state index contributed by atoms with van der Waals surface area (Å²) in [7, 11) is 4.20. The average molecular weight is 694 g/mol. The molecule has 2 aliphatic heterocycles. The molecule has 0 bridgehead atoms. The third-order valence-corrected chi connectivity index (χ3v) is 10.5. The maximum Gasteiger partial charge on any atom is 0.258 e. The quantitative estimate of drug-likeness (QED) is 0.244. The van der Waals surface area contributed by atoms with Crippen molar-refractivity contribution in [2.45, 2.75) is 88.9 Å². The molecule has 0 radical (unpaired) electrons. The van der Waals surface area contributed by atoms with Crippen molar-refractivity contribution in [1.82, 2.24) is 30.1 Å². The fourth-order valence-corrected chi connectivity index (χ4v) is 8.12. The van der Waals surface area contributed by atoms with Crippen LogP contribution in [-0.4, -0.2) is 95.0 Å². The lowest BCUT2D eigenvalue weighted by atomic mass is 9.61. The molecule has 1 saturated heterocycles. The Kier molecular flexibility index (Phi) is 9.40. The van der Waals surface area contributed by atoms with Crippen LogP contribution in [0.15, 0.2) is 43.0 Å².